The zero-order chi connectivity index (χ0) is 19.5. The van der Waals surface area contributed by atoms with Gasteiger partial charge in [-0.05, 0) is 24.8 Å². The first-order valence-corrected chi connectivity index (χ1v) is 9.45. The van der Waals surface area contributed by atoms with Crippen LogP contribution < -0.4 is 10.5 Å². The molecule has 8 nitrogen and oxygen atoms in total. The Kier molecular flexibility index (Phi) is 6.67. The maximum atomic E-state index is 13.7. The maximum absolute atomic E-state index is 13.7. The molecule has 1 aliphatic heterocycles. The highest BCUT2D eigenvalue weighted by molar-refractivity contribution is 7.71. The number of hydrogen-bond donors (Lipinski definition) is 5. The van der Waals surface area contributed by atoms with E-state index in [-0.39, 0.29) is 11.8 Å². The topological polar surface area (TPSA) is 134 Å². The summed E-state index contributed by atoms with van der Waals surface area (Å²) in [6.07, 6.45) is 2.96. The molecule has 1 atom stereocenters. The maximum Gasteiger partial charge on any atom is 0.466 e. The number of nitrogens with one attached hydrogen (secondary N) is 1. The van der Waals surface area contributed by atoms with E-state index in [9.17, 15) is 8.78 Å². The van der Waals surface area contributed by atoms with Gasteiger partial charge in [0.2, 0.25) is 0 Å². The summed E-state index contributed by atoms with van der Waals surface area (Å²) in [4.78, 5) is 24.5. The molecule has 1 unspecified atom stereocenters. The summed E-state index contributed by atoms with van der Waals surface area (Å²) in [6.45, 7) is 0.791. The second-order valence-electron chi connectivity index (χ2n) is 5.55. The molecular formula is C14H18F2N3O5PS. The standard InChI is InChI=1S/C14H15F2N3OS.H3O4P/c15-9-3-8-4-11(7-20-13(8)12(16)5-9)19-10(1-2-17)6-18-14(19)21;1-5(2,3)4/h3,5-6,11H,1-2,4,7,17H2,(H,18,21);(H3,1,2,3,4). The van der Waals surface area contributed by atoms with E-state index in [4.69, 9.17) is 41.9 Å². The van der Waals surface area contributed by atoms with Crippen LogP contribution in [0.4, 0.5) is 8.78 Å². The lowest BCUT2D eigenvalue weighted by Gasteiger charge is -2.27. The smallest absolute Gasteiger partial charge is 0.466 e. The van der Waals surface area contributed by atoms with Crippen LogP contribution in [0, 0.1) is 16.4 Å². The van der Waals surface area contributed by atoms with E-state index in [0.717, 1.165) is 11.8 Å². The molecule has 3 rings (SSSR count). The molecule has 6 N–H and O–H groups in total. The third-order valence-electron chi connectivity index (χ3n) is 3.62. The Balaban J connectivity index is 0.000000431. The van der Waals surface area contributed by atoms with Gasteiger partial charge in [-0.2, -0.15) is 0 Å². The molecule has 2 heterocycles. The van der Waals surface area contributed by atoms with Gasteiger partial charge in [-0.1, -0.05) is 0 Å². The molecule has 0 saturated carbocycles. The Hall–Kier alpha value is -1.62. The van der Waals surface area contributed by atoms with Gasteiger partial charge in [0.25, 0.3) is 0 Å². The summed E-state index contributed by atoms with van der Waals surface area (Å²) in [5, 5.41) is 0. The third-order valence-corrected chi connectivity index (χ3v) is 3.93. The molecule has 144 valence electrons. The van der Waals surface area contributed by atoms with Crippen LogP contribution in [0.5, 0.6) is 5.75 Å². The minimum atomic E-state index is -4.64. The molecule has 1 aromatic carbocycles. The molecule has 1 aromatic heterocycles. The highest BCUT2D eigenvalue weighted by atomic mass is 32.1. The summed E-state index contributed by atoms with van der Waals surface area (Å²) in [6, 6.07) is 2.05. The van der Waals surface area contributed by atoms with Crippen molar-refractivity contribution < 1.29 is 32.8 Å². The van der Waals surface area contributed by atoms with Gasteiger partial charge in [0.15, 0.2) is 16.3 Å². The lowest BCUT2D eigenvalue weighted by Crippen LogP contribution is -2.27. The van der Waals surface area contributed by atoms with Crippen molar-refractivity contribution in [2.75, 3.05) is 13.2 Å². The van der Waals surface area contributed by atoms with Gasteiger partial charge in [0.1, 0.15) is 12.4 Å². The number of hydrogen-bond acceptors (Lipinski definition) is 4. The van der Waals surface area contributed by atoms with Gasteiger partial charge in [0.05, 0.1) is 6.04 Å². The largest absolute Gasteiger partial charge is 0.488 e. The second-order valence-corrected chi connectivity index (χ2v) is 6.97. The zero-order valence-electron chi connectivity index (χ0n) is 13.4. The van der Waals surface area contributed by atoms with E-state index >= 15 is 0 Å². The van der Waals surface area contributed by atoms with Gasteiger partial charge in [-0.3, -0.25) is 0 Å². The predicted molar refractivity (Wildman–Crippen MR) is 91.2 cm³/mol. The van der Waals surface area contributed by atoms with Crippen molar-refractivity contribution in [3.63, 3.8) is 0 Å². The number of imidazole rings is 1. The van der Waals surface area contributed by atoms with Crippen LogP contribution in [0.25, 0.3) is 0 Å². The van der Waals surface area contributed by atoms with E-state index in [1.807, 2.05) is 10.8 Å². The number of aromatic amines is 1. The Bertz CT molecular complexity index is 874. The molecule has 0 saturated heterocycles. The van der Waals surface area contributed by atoms with Crippen molar-refractivity contribution in [3.8, 4) is 5.75 Å². The third kappa shape index (κ3) is 5.44. The van der Waals surface area contributed by atoms with E-state index in [2.05, 4.69) is 4.98 Å². The SMILES string of the molecule is NCCc1c[nH]c(=S)n1C1COc2c(F)cc(F)cc2C1.O=P(O)(O)O. The molecule has 0 amide bonds. The number of phosphoric acid groups is 1. The fourth-order valence-corrected chi connectivity index (χ4v) is 3.07. The first kappa shape index (κ1) is 20.7. The first-order chi connectivity index (χ1) is 12.1. The number of nitrogens with two attached hydrogens (primary N) is 1. The van der Waals surface area contributed by atoms with Crippen molar-refractivity contribution in [2.45, 2.75) is 18.9 Å². The van der Waals surface area contributed by atoms with Crippen LogP contribution in [-0.4, -0.2) is 37.4 Å². The quantitative estimate of drug-likeness (QED) is 0.384. The average Bonchev–Trinajstić information content (AvgIpc) is 2.86. The Labute approximate surface area is 152 Å². The normalized spacial score (nSPS) is 16.3. The van der Waals surface area contributed by atoms with Gasteiger partial charge >= 0.3 is 7.82 Å². The lowest BCUT2D eigenvalue weighted by atomic mass is 10.0. The molecule has 0 spiro atoms. The summed E-state index contributed by atoms with van der Waals surface area (Å²) >= 11 is 5.28. The van der Waals surface area contributed by atoms with Crippen molar-refractivity contribution in [2.24, 2.45) is 5.73 Å². The minimum Gasteiger partial charge on any atom is -0.488 e. The van der Waals surface area contributed by atoms with Crippen LogP contribution in [-0.2, 0) is 17.4 Å². The predicted octanol–water partition coefficient (Wildman–Crippen LogP) is 1.57. The van der Waals surface area contributed by atoms with E-state index in [0.29, 0.717) is 36.3 Å². The highest BCUT2D eigenvalue weighted by Crippen LogP contribution is 2.33. The van der Waals surface area contributed by atoms with E-state index < -0.39 is 19.5 Å². The van der Waals surface area contributed by atoms with Gasteiger partial charge in [0, 0.05) is 36.4 Å². The van der Waals surface area contributed by atoms with E-state index in [1.54, 1.807) is 0 Å². The Morgan fingerprint density at radius 2 is 2.04 bits per heavy atom. The van der Waals surface area contributed by atoms with E-state index in [1.165, 1.54) is 6.07 Å². The van der Waals surface area contributed by atoms with Crippen LogP contribution >= 0.6 is 20.0 Å². The van der Waals surface area contributed by atoms with Gasteiger partial charge in [-0.15, -0.1) is 0 Å². The number of rotatable bonds is 3. The average molecular weight is 409 g/mol. The van der Waals surface area contributed by atoms with Crippen molar-refractivity contribution in [3.05, 3.63) is 46.0 Å². The second kappa shape index (κ2) is 8.38. The first-order valence-electron chi connectivity index (χ1n) is 7.48. The number of fused-ring (bicyclic) bond motifs is 1. The molecule has 12 heteroatoms. The van der Waals surface area contributed by atoms with Crippen molar-refractivity contribution >= 4 is 20.0 Å². The fraction of sp³-hybridized carbons (Fsp3) is 0.357. The van der Waals surface area contributed by atoms with Crippen LogP contribution in [0.3, 0.4) is 0 Å². The number of halogens is 2. The number of aromatic nitrogens is 2. The van der Waals surface area contributed by atoms with Crippen molar-refractivity contribution in [1.82, 2.24) is 9.55 Å². The summed E-state index contributed by atoms with van der Waals surface area (Å²) < 4.78 is 43.9. The lowest BCUT2D eigenvalue weighted by molar-refractivity contribution is 0.210. The fourth-order valence-electron chi connectivity index (χ4n) is 2.74. The Morgan fingerprint density at radius 1 is 1.38 bits per heavy atom. The number of nitrogens with zero attached hydrogens (tertiary/aromatic N) is 1. The summed E-state index contributed by atoms with van der Waals surface area (Å²) in [5.41, 5.74) is 7.08. The number of H-pyrrole nitrogens is 1. The van der Waals surface area contributed by atoms with Crippen molar-refractivity contribution in [1.29, 1.82) is 0 Å². The van der Waals surface area contributed by atoms with Crippen LogP contribution in [0.1, 0.15) is 17.3 Å². The molecule has 0 aliphatic carbocycles. The summed E-state index contributed by atoms with van der Waals surface area (Å²) in [5.74, 6) is -1.13. The molecule has 1 aliphatic rings. The number of ether oxygens (including phenoxy) is 1. The van der Waals surface area contributed by atoms with Crippen LogP contribution in [0.15, 0.2) is 18.3 Å². The highest BCUT2D eigenvalue weighted by Gasteiger charge is 2.26. The summed E-state index contributed by atoms with van der Waals surface area (Å²) in [7, 11) is -4.64. The van der Waals surface area contributed by atoms with Gasteiger partial charge in [-0.25, -0.2) is 13.3 Å². The molecule has 0 fully saturated rings. The molecular weight excluding hydrogens is 391 g/mol. The molecule has 0 radical (unpaired) electrons. The Morgan fingerprint density at radius 3 is 2.65 bits per heavy atom. The monoisotopic (exact) mass is 409 g/mol. The molecule has 0 bridgehead atoms. The number of benzene rings is 1. The molecule has 26 heavy (non-hydrogen) atoms. The van der Waals surface area contributed by atoms with Crippen LogP contribution in [0.2, 0.25) is 0 Å². The zero-order valence-corrected chi connectivity index (χ0v) is 15.1. The van der Waals surface area contributed by atoms with Gasteiger partial charge < -0.3 is 34.7 Å². The minimum absolute atomic E-state index is 0.0981. The molecule has 2 aromatic rings.